The summed E-state index contributed by atoms with van der Waals surface area (Å²) in [6.45, 7) is 3.07. The highest BCUT2D eigenvalue weighted by atomic mass is 16.5. The van der Waals surface area contributed by atoms with Crippen molar-refractivity contribution >= 4 is 58.0 Å². The molecule has 0 bridgehead atoms. The van der Waals surface area contributed by atoms with E-state index in [1.54, 1.807) is 43.3 Å². The number of azo groups is 2. The Balaban J connectivity index is 1.52. The molecule has 2 aromatic carbocycles. The van der Waals surface area contributed by atoms with Gasteiger partial charge in [0.05, 0.1) is 18.0 Å². The SMILES string of the molecule is CCOC(=O)Nc1nc(N)c(/N=N/c2cccc(-c3cccc(/N=N/c4cc(O)c(NC(C)=O)nc4N)c3)c2)cc1O. The quantitative estimate of drug-likeness (QED) is 0.134. The molecule has 0 aliphatic heterocycles. The molecule has 0 aliphatic rings. The van der Waals surface area contributed by atoms with Crippen LogP contribution in [0.5, 0.6) is 11.5 Å². The number of hydrogen-bond acceptors (Lipinski definition) is 13. The minimum Gasteiger partial charge on any atom is -0.504 e. The third-order valence-electron chi connectivity index (χ3n) is 5.38. The molecule has 0 saturated heterocycles. The molecule has 8 N–H and O–H groups in total. The largest absolute Gasteiger partial charge is 0.504 e. The molecule has 0 unspecified atom stereocenters. The van der Waals surface area contributed by atoms with E-state index < -0.39 is 12.0 Å². The maximum atomic E-state index is 11.6. The van der Waals surface area contributed by atoms with Crippen LogP contribution < -0.4 is 22.1 Å². The van der Waals surface area contributed by atoms with Crippen LogP contribution in [0.2, 0.25) is 0 Å². The van der Waals surface area contributed by atoms with Gasteiger partial charge in [-0.2, -0.15) is 10.2 Å². The number of amides is 2. The third kappa shape index (κ3) is 7.29. The number of aromatic nitrogens is 2. The van der Waals surface area contributed by atoms with E-state index in [9.17, 15) is 19.8 Å². The number of carbonyl (C=O) groups excluding carboxylic acids is 2. The summed E-state index contributed by atoms with van der Waals surface area (Å²) in [5.74, 6) is -1.39. The summed E-state index contributed by atoms with van der Waals surface area (Å²) in [5.41, 5.74) is 14.6. The molecule has 0 aliphatic carbocycles. The number of nitrogen functional groups attached to an aromatic ring is 2. The second-order valence-corrected chi connectivity index (χ2v) is 8.55. The molecule has 2 heterocycles. The van der Waals surface area contributed by atoms with Gasteiger partial charge in [0.25, 0.3) is 0 Å². The first-order valence-corrected chi connectivity index (χ1v) is 12.4. The zero-order chi connectivity index (χ0) is 30.2. The zero-order valence-electron chi connectivity index (χ0n) is 22.4. The van der Waals surface area contributed by atoms with Gasteiger partial charge in [-0.3, -0.25) is 10.1 Å². The summed E-state index contributed by atoms with van der Waals surface area (Å²) >= 11 is 0. The summed E-state index contributed by atoms with van der Waals surface area (Å²) in [6, 6.07) is 16.8. The fourth-order valence-electron chi connectivity index (χ4n) is 3.51. The number of hydrogen-bond donors (Lipinski definition) is 6. The summed E-state index contributed by atoms with van der Waals surface area (Å²) in [5, 5.41) is 41.5. The lowest BCUT2D eigenvalue weighted by molar-refractivity contribution is -0.114. The first-order valence-electron chi connectivity index (χ1n) is 12.4. The number of nitrogens with two attached hydrogens (primary N) is 2. The second-order valence-electron chi connectivity index (χ2n) is 8.55. The van der Waals surface area contributed by atoms with Crippen LogP contribution in [-0.2, 0) is 9.53 Å². The highest BCUT2D eigenvalue weighted by Gasteiger charge is 2.13. The van der Waals surface area contributed by atoms with E-state index in [1.165, 1.54) is 19.1 Å². The van der Waals surface area contributed by atoms with E-state index in [4.69, 9.17) is 16.2 Å². The standard InChI is InChI=1S/C27H26N10O5/c1-3-42-27(41)33-26-22(40)13-20(24(29)32-26)37-35-18-9-5-7-16(11-18)15-6-4-8-17(10-15)34-36-19-12-21(39)25(30-14(2)38)31-23(19)28/h4-13,39-40H,3H2,1-2H3,(H3,28,30,31,38)(H3,29,32,33,41)/b36-34+,37-35+. The fourth-order valence-corrected chi connectivity index (χ4v) is 3.51. The summed E-state index contributed by atoms with van der Waals surface area (Å²) in [4.78, 5) is 30.7. The van der Waals surface area contributed by atoms with Gasteiger partial charge < -0.3 is 31.7 Å². The number of rotatable bonds is 8. The van der Waals surface area contributed by atoms with Crippen LogP contribution >= 0.6 is 0 Å². The van der Waals surface area contributed by atoms with Crippen LogP contribution in [0.3, 0.4) is 0 Å². The van der Waals surface area contributed by atoms with Gasteiger partial charge in [-0.05, 0) is 42.3 Å². The Morgan fingerprint density at radius 3 is 1.71 bits per heavy atom. The van der Waals surface area contributed by atoms with Gasteiger partial charge in [0.15, 0.2) is 34.8 Å². The third-order valence-corrected chi connectivity index (χ3v) is 5.38. The minimum atomic E-state index is -0.783. The molecule has 42 heavy (non-hydrogen) atoms. The molecule has 0 atom stereocenters. The predicted octanol–water partition coefficient (Wildman–Crippen LogP) is 6.08. The first kappa shape index (κ1) is 28.9. The van der Waals surface area contributed by atoms with Gasteiger partial charge in [-0.25, -0.2) is 14.8 Å². The molecule has 4 rings (SSSR count). The van der Waals surface area contributed by atoms with Gasteiger partial charge in [0, 0.05) is 19.1 Å². The van der Waals surface area contributed by atoms with Crippen molar-refractivity contribution < 1.29 is 24.5 Å². The fraction of sp³-hybridized carbons (Fsp3) is 0.111. The molecule has 4 aromatic rings. The topological polar surface area (TPSA) is 235 Å². The normalized spacial score (nSPS) is 11.1. The van der Waals surface area contributed by atoms with Crippen molar-refractivity contribution in [2.75, 3.05) is 28.7 Å². The number of nitrogens with one attached hydrogen (secondary N) is 2. The lowest BCUT2D eigenvalue weighted by Gasteiger charge is -2.08. The molecule has 0 saturated carbocycles. The number of aromatic hydroxyl groups is 2. The van der Waals surface area contributed by atoms with E-state index in [-0.39, 0.29) is 52.8 Å². The van der Waals surface area contributed by atoms with Crippen molar-refractivity contribution in [2.24, 2.45) is 20.5 Å². The van der Waals surface area contributed by atoms with Gasteiger partial charge in [-0.1, -0.05) is 24.3 Å². The Kier molecular flexibility index (Phi) is 8.82. The van der Waals surface area contributed by atoms with Crippen molar-refractivity contribution in [3.8, 4) is 22.6 Å². The number of pyridine rings is 2. The number of anilines is 4. The monoisotopic (exact) mass is 570 g/mol. The Labute approximate surface area is 239 Å². The molecular weight excluding hydrogens is 544 g/mol. The van der Waals surface area contributed by atoms with Crippen LogP contribution in [-0.4, -0.2) is 38.8 Å². The van der Waals surface area contributed by atoms with Crippen LogP contribution in [0.4, 0.5) is 50.8 Å². The summed E-state index contributed by atoms with van der Waals surface area (Å²) in [6.07, 6.45) is -0.783. The van der Waals surface area contributed by atoms with Crippen LogP contribution in [0.15, 0.2) is 81.1 Å². The van der Waals surface area contributed by atoms with Crippen molar-refractivity contribution in [1.29, 1.82) is 0 Å². The Hall–Kier alpha value is -6.12. The molecule has 0 fully saturated rings. The number of ether oxygens (including phenoxy) is 1. The average molecular weight is 571 g/mol. The molecule has 0 spiro atoms. The van der Waals surface area contributed by atoms with E-state index in [2.05, 4.69) is 41.1 Å². The molecule has 2 amide bonds. The highest BCUT2D eigenvalue weighted by Crippen LogP contribution is 2.34. The molecular formula is C27H26N10O5. The Morgan fingerprint density at radius 2 is 1.26 bits per heavy atom. The van der Waals surface area contributed by atoms with Crippen molar-refractivity contribution in [2.45, 2.75) is 13.8 Å². The van der Waals surface area contributed by atoms with Crippen molar-refractivity contribution in [3.63, 3.8) is 0 Å². The predicted molar refractivity (Wildman–Crippen MR) is 156 cm³/mol. The van der Waals surface area contributed by atoms with Gasteiger partial charge in [0.2, 0.25) is 5.91 Å². The molecule has 2 aromatic heterocycles. The van der Waals surface area contributed by atoms with Gasteiger partial charge in [-0.15, -0.1) is 10.2 Å². The van der Waals surface area contributed by atoms with Crippen molar-refractivity contribution in [3.05, 3.63) is 60.7 Å². The summed E-state index contributed by atoms with van der Waals surface area (Å²) < 4.78 is 4.77. The second kappa shape index (κ2) is 12.8. The Bertz CT molecular complexity index is 1710. The van der Waals surface area contributed by atoms with E-state index >= 15 is 0 Å². The zero-order valence-corrected chi connectivity index (χ0v) is 22.4. The van der Waals surface area contributed by atoms with E-state index in [0.717, 1.165) is 11.1 Å². The summed E-state index contributed by atoms with van der Waals surface area (Å²) in [7, 11) is 0. The number of nitrogens with zero attached hydrogens (tertiary/aromatic N) is 6. The molecule has 214 valence electrons. The van der Waals surface area contributed by atoms with Crippen LogP contribution in [0, 0.1) is 0 Å². The lowest BCUT2D eigenvalue weighted by atomic mass is 10.0. The smallest absolute Gasteiger partial charge is 0.412 e. The van der Waals surface area contributed by atoms with E-state index in [1.807, 2.05) is 12.1 Å². The first-order chi connectivity index (χ1) is 20.1. The lowest BCUT2D eigenvalue weighted by Crippen LogP contribution is -2.14. The maximum absolute atomic E-state index is 11.6. The molecule has 15 nitrogen and oxygen atoms in total. The van der Waals surface area contributed by atoms with Crippen LogP contribution in [0.25, 0.3) is 11.1 Å². The van der Waals surface area contributed by atoms with Gasteiger partial charge >= 0.3 is 6.09 Å². The number of carbonyl (C=O) groups is 2. The Morgan fingerprint density at radius 1 is 0.786 bits per heavy atom. The number of benzene rings is 2. The van der Waals surface area contributed by atoms with Crippen LogP contribution in [0.1, 0.15) is 13.8 Å². The molecule has 15 heteroatoms. The molecule has 0 radical (unpaired) electrons. The van der Waals surface area contributed by atoms with Gasteiger partial charge in [0.1, 0.15) is 11.4 Å². The average Bonchev–Trinajstić information content (AvgIpc) is 2.95. The highest BCUT2D eigenvalue weighted by molar-refractivity contribution is 5.90. The maximum Gasteiger partial charge on any atom is 0.412 e. The minimum absolute atomic E-state index is 0.0245. The van der Waals surface area contributed by atoms with E-state index in [0.29, 0.717) is 11.4 Å². The van der Waals surface area contributed by atoms with Crippen molar-refractivity contribution in [1.82, 2.24) is 9.97 Å².